The summed E-state index contributed by atoms with van der Waals surface area (Å²) < 4.78 is 7.34. The Balaban J connectivity index is 1.44. The molecular weight excluding hydrogens is 358 g/mol. The Morgan fingerprint density at radius 3 is 2.70 bits per heavy atom. The molecular formula is C21H27N3O2S. The van der Waals surface area contributed by atoms with Crippen LogP contribution in [-0.2, 0) is 29.9 Å². The van der Waals surface area contributed by atoms with E-state index in [1.54, 1.807) is 11.8 Å². The van der Waals surface area contributed by atoms with Crippen molar-refractivity contribution >= 4 is 11.8 Å². The predicted octanol–water partition coefficient (Wildman–Crippen LogP) is 2.75. The first-order valence-electron chi connectivity index (χ1n) is 9.90. The smallest absolute Gasteiger partial charge is 0.348 e. The van der Waals surface area contributed by atoms with Crippen LogP contribution < -0.4 is 5.69 Å². The molecule has 1 saturated heterocycles. The Hall–Kier alpha value is -1.63. The third-order valence-corrected chi connectivity index (χ3v) is 6.47. The van der Waals surface area contributed by atoms with Crippen molar-refractivity contribution in [1.29, 1.82) is 0 Å². The van der Waals surface area contributed by atoms with Gasteiger partial charge in [0, 0.05) is 43.2 Å². The maximum atomic E-state index is 12.7. The lowest BCUT2D eigenvalue weighted by molar-refractivity contribution is 0.0368. The quantitative estimate of drug-likeness (QED) is 0.542. The van der Waals surface area contributed by atoms with Crippen LogP contribution in [0.3, 0.4) is 0 Å². The summed E-state index contributed by atoms with van der Waals surface area (Å²) in [6.07, 6.45) is 4.17. The van der Waals surface area contributed by atoms with Gasteiger partial charge in [0.1, 0.15) is 5.03 Å². The van der Waals surface area contributed by atoms with Gasteiger partial charge in [-0.15, -0.1) is 11.8 Å². The summed E-state index contributed by atoms with van der Waals surface area (Å²) in [5, 5.41) is 0.945. The zero-order valence-corrected chi connectivity index (χ0v) is 16.5. The van der Waals surface area contributed by atoms with Gasteiger partial charge in [-0.2, -0.15) is 4.98 Å². The molecule has 0 saturated carbocycles. The van der Waals surface area contributed by atoms with E-state index < -0.39 is 0 Å². The molecule has 2 aromatic rings. The summed E-state index contributed by atoms with van der Waals surface area (Å²) in [6.45, 7) is 5.44. The summed E-state index contributed by atoms with van der Waals surface area (Å²) >= 11 is 1.70. The van der Waals surface area contributed by atoms with Crippen LogP contribution in [-0.4, -0.2) is 47.3 Å². The Bertz CT molecular complexity index is 816. The van der Waals surface area contributed by atoms with E-state index in [9.17, 15) is 4.79 Å². The summed E-state index contributed by atoms with van der Waals surface area (Å²) in [7, 11) is 0. The Labute approximate surface area is 164 Å². The minimum absolute atomic E-state index is 0.0758. The van der Waals surface area contributed by atoms with Gasteiger partial charge >= 0.3 is 5.69 Å². The topological polar surface area (TPSA) is 47.4 Å². The second-order valence-corrected chi connectivity index (χ2v) is 8.18. The number of hydrogen-bond acceptors (Lipinski definition) is 5. The second-order valence-electron chi connectivity index (χ2n) is 7.21. The zero-order valence-electron chi connectivity index (χ0n) is 15.7. The number of morpholine rings is 1. The van der Waals surface area contributed by atoms with Gasteiger partial charge in [0.2, 0.25) is 0 Å². The van der Waals surface area contributed by atoms with Crippen LogP contribution in [0.25, 0.3) is 0 Å². The summed E-state index contributed by atoms with van der Waals surface area (Å²) in [4.78, 5) is 19.6. The third kappa shape index (κ3) is 4.62. The average Bonchev–Trinajstić information content (AvgIpc) is 3.20. The molecule has 4 rings (SSSR count). The molecule has 0 N–H and O–H groups in total. The van der Waals surface area contributed by atoms with Gasteiger partial charge in [0.15, 0.2) is 0 Å². The van der Waals surface area contributed by atoms with Gasteiger partial charge in [0.05, 0.1) is 13.2 Å². The highest BCUT2D eigenvalue weighted by Crippen LogP contribution is 2.31. The van der Waals surface area contributed by atoms with E-state index in [-0.39, 0.29) is 5.69 Å². The van der Waals surface area contributed by atoms with E-state index in [0.29, 0.717) is 0 Å². The molecule has 1 aromatic carbocycles. The van der Waals surface area contributed by atoms with Crippen molar-refractivity contribution in [3.8, 4) is 0 Å². The Morgan fingerprint density at radius 2 is 1.89 bits per heavy atom. The van der Waals surface area contributed by atoms with Crippen LogP contribution >= 0.6 is 11.8 Å². The number of fused-ring (bicyclic) bond motifs is 1. The molecule has 5 nitrogen and oxygen atoms in total. The molecule has 0 bridgehead atoms. The molecule has 1 aromatic heterocycles. The van der Waals surface area contributed by atoms with Gasteiger partial charge in [-0.25, -0.2) is 4.79 Å². The monoisotopic (exact) mass is 385 g/mol. The van der Waals surface area contributed by atoms with E-state index in [1.807, 2.05) is 10.6 Å². The van der Waals surface area contributed by atoms with Gasteiger partial charge in [0.25, 0.3) is 0 Å². The fraction of sp³-hybridized carbons (Fsp3) is 0.524. The van der Waals surface area contributed by atoms with Crippen molar-refractivity contribution in [1.82, 2.24) is 14.5 Å². The number of ether oxygens (including phenoxy) is 1. The van der Waals surface area contributed by atoms with E-state index in [1.165, 1.54) is 16.8 Å². The molecule has 2 aliphatic rings. The van der Waals surface area contributed by atoms with Crippen molar-refractivity contribution in [2.75, 3.05) is 32.8 Å². The van der Waals surface area contributed by atoms with E-state index in [4.69, 9.17) is 4.74 Å². The lowest BCUT2D eigenvalue weighted by atomic mass is 10.2. The fourth-order valence-corrected chi connectivity index (χ4v) is 4.97. The third-order valence-electron chi connectivity index (χ3n) is 5.38. The van der Waals surface area contributed by atoms with Crippen LogP contribution in [0.4, 0.5) is 0 Å². The van der Waals surface area contributed by atoms with E-state index in [2.05, 4.69) is 34.1 Å². The van der Waals surface area contributed by atoms with Gasteiger partial charge < -0.3 is 4.74 Å². The van der Waals surface area contributed by atoms with Crippen molar-refractivity contribution in [3.05, 3.63) is 57.6 Å². The number of thioether (sulfide) groups is 1. The minimum Gasteiger partial charge on any atom is -0.379 e. The van der Waals surface area contributed by atoms with Crippen molar-refractivity contribution in [3.63, 3.8) is 0 Å². The maximum absolute atomic E-state index is 12.7. The molecule has 1 aliphatic heterocycles. The van der Waals surface area contributed by atoms with Gasteiger partial charge in [-0.1, -0.05) is 30.3 Å². The van der Waals surface area contributed by atoms with Crippen LogP contribution in [0.5, 0.6) is 0 Å². The van der Waals surface area contributed by atoms with E-state index in [0.717, 1.165) is 75.9 Å². The largest absolute Gasteiger partial charge is 0.379 e. The summed E-state index contributed by atoms with van der Waals surface area (Å²) in [5.74, 6) is 0.862. The first-order valence-corrected chi connectivity index (χ1v) is 10.9. The Morgan fingerprint density at radius 1 is 1.07 bits per heavy atom. The standard InChI is InChI=1S/C21H27N3O2S/c25-21-22-20(27-16-17-6-2-1-3-7-17)18-8-4-9-19(18)24(21)11-5-10-23-12-14-26-15-13-23/h1-3,6-7H,4-5,8-16H2. The highest BCUT2D eigenvalue weighted by atomic mass is 32.2. The number of benzene rings is 1. The number of rotatable bonds is 7. The van der Waals surface area contributed by atoms with Gasteiger partial charge in [-0.05, 0) is 31.2 Å². The SMILES string of the molecule is O=c1nc(SCc2ccccc2)c2c(n1CCCN1CCOCC1)CCC2. The summed E-state index contributed by atoms with van der Waals surface area (Å²) in [5.41, 5.74) is 3.73. The first-order chi connectivity index (χ1) is 13.3. The number of aromatic nitrogens is 2. The van der Waals surface area contributed by atoms with Crippen LogP contribution in [0.15, 0.2) is 40.2 Å². The van der Waals surface area contributed by atoms with Crippen LogP contribution in [0, 0.1) is 0 Å². The zero-order chi connectivity index (χ0) is 18.5. The average molecular weight is 386 g/mol. The van der Waals surface area contributed by atoms with E-state index >= 15 is 0 Å². The van der Waals surface area contributed by atoms with Crippen LogP contribution in [0.2, 0.25) is 0 Å². The van der Waals surface area contributed by atoms with Crippen molar-refractivity contribution in [2.45, 2.75) is 43.0 Å². The molecule has 6 heteroatoms. The predicted molar refractivity (Wildman–Crippen MR) is 108 cm³/mol. The molecule has 1 aliphatic carbocycles. The lowest BCUT2D eigenvalue weighted by Crippen LogP contribution is -2.37. The lowest BCUT2D eigenvalue weighted by Gasteiger charge is -2.26. The highest BCUT2D eigenvalue weighted by Gasteiger charge is 2.22. The summed E-state index contributed by atoms with van der Waals surface area (Å²) in [6, 6.07) is 10.4. The molecule has 27 heavy (non-hydrogen) atoms. The fourth-order valence-electron chi connectivity index (χ4n) is 3.94. The molecule has 0 amide bonds. The molecule has 1 fully saturated rings. The minimum atomic E-state index is -0.0758. The molecule has 0 unspecified atom stereocenters. The highest BCUT2D eigenvalue weighted by molar-refractivity contribution is 7.98. The molecule has 0 radical (unpaired) electrons. The molecule has 2 heterocycles. The number of nitrogens with zero attached hydrogens (tertiary/aromatic N) is 3. The molecule has 0 spiro atoms. The second kappa shape index (κ2) is 9.04. The Kier molecular flexibility index (Phi) is 6.27. The van der Waals surface area contributed by atoms with Crippen molar-refractivity contribution in [2.24, 2.45) is 0 Å². The molecule has 144 valence electrons. The number of hydrogen-bond donors (Lipinski definition) is 0. The normalized spacial score (nSPS) is 17.2. The maximum Gasteiger partial charge on any atom is 0.348 e. The molecule has 0 atom stereocenters. The van der Waals surface area contributed by atoms with Crippen molar-refractivity contribution < 1.29 is 4.74 Å². The van der Waals surface area contributed by atoms with Gasteiger partial charge in [-0.3, -0.25) is 9.47 Å². The first kappa shape index (κ1) is 18.7. The van der Waals surface area contributed by atoms with Crippen LogP contribution in [0.1, 0.15) is 29.7 Å².